The van der Waals surface area contributed by atoms with Crippen molar-refractivity contribution in [1.29, 1.82) is 0 Å². The van der Waals surface area contributed by atoms with Gasteiger partial charge in [-0.1, -0.05) is 12.1 Å². The molecule has 0 fully saturated rings. The minimum absolute atomic E-state index is 0.0248. The lowest BCUT2D eigenvalue weighted by molar-refractivity contribution is -0.0700. The van der Waals surface area contributed by atoms with Gasteiger partial charge in [0.1, 0.15) is 29.5 Å². The number of phenols is 2. The molecule has 0 spiro atoms. The van der Waals surface area contributed by atoms with Gasteiger partial charge in [0.25, 0.3) is 0 Å². The predicted molar refractivity (Wildman–Crippen MR) is 70.5 cm³/mol. The summed E-state index contributed by atoms with van der Waals surface area (Å²) in [5, 5.41) is 39.1. The van der Waals surface area contributed by atoms with Gasteiger partial charge in [0.05, 0.1) is 0 Å². The van der Waals surface area contributed by atoms with Gasteiger partial charge < -0.3 is 25.2 Å². The van der Waals surface area contributed by atoms with Crippen molar-refractivity contribution >= 4 is 0 Å². The average Bonchev–Trinajstić information content (AvgIpc) is 2.44. The fourth-order valence-corrected chi connectivity index (χ4v) is 2.35. The number of ether oxygens (including phenoxy) is 1. The molecule has 4 N–H and O–H groups in total. The zero-order valence-corrected chi connectivity index (χ0v) is 10.5. The van der Waals surface area contributed by atoms with Crippen molar-refractivity contribution in [2.24, 2.45) is 0 Å². The number of fused-ring (bicyclic) bond motifs is 1. The van der Waals surface area contributed by atoms with Gasteiger partial charge in [-0.15, -0.1) is 0 Å². The van der Waals surface area contributed by atoms with Crippen LogP contribution in [0.3, 0.4) is 0 Å². The van der Waals surface area contributed by atoms with Crippen LogP contribution in [0.4, 0.5) is 0 Å². The normalized spacial score (nSPS) is 24.8. The highest BCUT2D eigenvalue weighted by Gasteiger charge is 2.37. The van der Waals surface area contributed by atoms with Crippen molar-refractivity contribution in [3.05, 3.63) is 53.6 Å². The topological polar surface area (TPSA) is 90.2 Å². The Kier molecular flexibility index (Phi) is 3.00. The molecular weight excluding hydrogens is 260 g/mol. The summed E-state index contributed by atoms with van der Waals surface area (Å²) in [4.78, 5) is 0. The van der Waals surface area contributed by atoms with E-state index >= 15 is 0 Å². The van der Waals surface area contributed by atoms with E-state index in [4.69, 9.17) is 4.74 Å². The first-order chi connectivity index (χ1) is 9.56. The van der Waals surface area contributed by atoms with Gasteiger partial charge in [0.15, 0.2) is 6.10 Å². The summed E-state index contributed by atoms with van der Waals surface area (Å²) in [6, 6.07) is 10.5. The van der Waals surface area contributed by atoms with Crippen LogP contribution in [0.5, 0.6) is 17.2 Å². The van der Waals surface area contributed by atoms with Crippen LogP contribution in [0, 0.1) is 0 Å². The Morgan fingerprint density at radius 1 is 0.850 bits per heavy atom. The lowest BCUT2D eigenvalue weighted by atomic mass is 9.92. The second-order valence-electron chi connectivity index (χ2n) is 4.79. The second kappa shape index (κ2) is 4.70. The van der Waals surface area contributed by atoms with E-state index in [1.165, 1.54) is 30.3 Å². The lowest BCUT2D eigenvalue weighted by Crippen LogP contribution is -2.34. The minimum atomic E-state index is -1.13. The number of hydrogen-bond acceptors (Lipinski definition) is 5. The van der Waals surface area contributed by atoms with Gasteiger partial charge in [-0.05, 0) is 29.8 Å². The molecule has 2 aromatic carbocycles. The van der Waals surface area contributed by atoms with Crippen LogP contribution in [-0.4, -0.2) is 26.5 Å². The van der Waals surface area contributed by atoms with Crippen molar-refractivity contribution in [1.82, 2.24) is 0 Å². The molecule has 0 saturated heterocycles. The number of hydrogen-bond donors (Lipinski definition) is 4. The van der Waals surface area contributed by atoms with E-state index in [9.17, 15) is 20.4 Å². The first-order valence-corrected chi connectivity index (χ1v) is 6.21. The third kappa shape index (κ3) is 2.07. The Balaban J connectivity index is 2.00. The summed E-state index contributed by atoms with van der Waals surface area (Å²) in [7, 11) is 0. The van der Waals surface area contributed by atoms with E-state index in [2.05, 4.69) is 0 Å². The summed E-state index contributed by atoms with van der Waals surface area (Å²) in [5.74, 6) is 0.468. The van der Waals surface area contributed by atoms with Crippen LogP contribution in [0.1, 0.15) is 23.3 Å². The molecule has 0 unspecified atom stereocenters. The Labute approximate surface area is 115 Å². The van der Waals surface area contributed by atoms with Gasteiger partial charge in [0.2, 0.25) is 0 Å². The van der Waals surface area contributed by atoms with Gasteiger partial charge >= 0.3 is 0 Å². The number of phenolic OH excluding ortho intramolecular Hbond substituents is 2. The monoisotopic (exact) mass is 274 g/mol. The summed E-state index contributed by atoms with van der Waals surface area (Å²) in [5.41, 5.74) is 1.06. The van der Waals surface area contributed by atoms with Crippen LogP contribution in [-0.2, 0) is 0 Å². The van der Waals surface area contributed by atoms with E-state index < -0.39 is 18.3 Å². The molecule has 1 aliphatic rings. The molecule has 0 amide bonds. The quantitative estimate of drug-likeness (QED) is 0.634. The Hall–Kier alpha value is -2.24. The first-order valence-electron chi connectivity index (χ1n) is 6.21. The van der Waals surface area contributed by atoms with Crippen molar-refractivity contribution in [2.75, 3.05) is 0 Å². The maximum Gasteiger partial charge on any atom is 0.152 e. The Bertz CT molecular complexity index is 623. The highest BCUT2D eigenvalue weighted by atomic mass is 16.5. The molecule has 1 heterocycles. The zero-order chi connectivity index (χ0) is 14.3. The van der Waals surface area contributed by atoms with E-state index in [-0.39, 0.29) is 11.5 Å². The van der Waals surface area contributed by atoms with Crippen LogP contribution >= 0.6 is 0 Å². The highest BCUT2D eigenvalue weighted by molar-refractivity contribution is 5.44. The van der Waals surface area contributed by atoms with Gasteiger partial charge in [-0.3, -0.25) is 0 Å². The minimum Gasteiger partial charge on any atom is -0.508 e. The number of aromatic hydroxyl groups is 2. The fraction of sp³-hybridized carbons (Fsp3) is 0.200. The molecule has 0 aliphatic carbocycles. The van der Waals surface area contributed by atoms with Gasteiger partial charge in [-0.2, -0.15) is 0 Å². The molecule has 1 aliphatic heterocycles. The fourth-order valence-electron chi connectivity index (χ4n) is 2.35. The molecule has 0 radical (unpaired) electrons. The van der Waals surface area contributed by atoms with E-state index in [0.29, 0.717) is 16.9 Å². The number of benzene rings is 2. The van der Waals surface area contributed by atoms with Crippen LogP contribution in [0.15, 0.2) is 42.5 Å². The smallest absolute Gasteiger partial charge is 0.152 e. The Morgan fingerprint density at radius 3 is 2.20 bits per heavy atom. The summed E-state index contributed by atoms with van der Waals surface area (Å²) in [6.45, 7) is 0. The SMILES string of the molecule is Oc1ccc([C@H]2Oc3cc(O)ccc3[C@@H](O)[C@H]2O)cc1. The van der Waals surface area contributed by atoms with Crippen molar-refractivity contribution in [3.63, 3.8) is 0 Å². The zero-order valence-electron chi connectivity index (χ0n) is 10.5. The molecule has 5 nitrogen and oxygen atoms in total. The second-order valence-corrected chi connectivity index (χ2v) is 4.79. The summed E-state index contributed by atoms with van der Waals surface area (Å²) in [6.07, 6.45) is -2.99. The highest BCUT2D eigenvalue weighted by Crippen LogP contribution is 2.42. The van der Waals surface area contributed by atoms with E-state index in [0.717, 1.165) is 0 Å². The maximum absolute atomic E-state index is 10.2. The van der Waals surface area contributed by atoms with E-state index in [1.807, 2.05) is 0 Å². The van der Waals surface area contributed by atoms with Crippen LogP contribution < -0.4 is 4.74 Å². The first kappa shape index (κ1) is 12.8. The van der Waals surface area contributed by atoms with Crippen molar-refractivity contribution in [3.8, 4) is 17.2 Å². The summed E-state index contributed by atoms with van der Waals surface area (Å²) >= 11 is 0. The number of rotatable bonds is 1. The standard InChI is InChI=1S/C15H14O5/c16-9-3-1-8(2-4-9)15-14(19)13(18)11-6-5-10(17)7-12(11)20-15/h1-7,13-19H/t13-,14-,15-/m1/s1. The molecule has 0 aromatic heterocycles. The third-order valence-electron chi connectivity index (χ3n) is 3.43. The summed E-state index contributed by atoms with van der Waals surface area (Å²) < 4.78 is 5.67. The predicted octanol–water partition coefficient (Wildman–Crippen LogP) is 1.63. The largest absolute Gasteiger partial charge is 0.508 e. The Morgan fingerprint density at radius 2 is 1.50 bits per heavy atom. The third-order valence-corrected chi connectivity index (χ3v) is 3.43. The van der Waals surface area contributed by atoms with Crippen LogP contribution in [0.2, 0.25) is 0 Å². The molecule has 3 atom stereocenters. The molecule has 2 aromatic rings. The van der Waals surface area contributed by atoms with E-state index in [1.54, 1.807) is 12.1 Å². The molecular formula is C15H14O5. The molecule has 0 saturated carbocycles. The molecule has 5 heteroatoms. The number of aliphatic hydroxyl groups is 2. The number of aliphatic hydroxyl groups excluding tert-OH is 2. The van der Waals surface area contributed by atoms with Crippen molar-refractivity contribution in [2.45, 2.75) is 18.3 Å². The maximum atomic E-state index is 10.2. The molecule has 3 rings (SSSR count). The molecule has 104 valence electrons. The average molecular weight is 274 g/mol. The lowest BCUT2D eigenvalue weighted by Gasteiger charge is -2.34. The molecule has 20 heavy (non-hydrogen) atoms. The van der Waals surface area contributed by atoms with Crippen LogP contribution in [0.25, 0.3) is 0 Å². The van der Waals surface area contributed by atoms with Gasteiger partial charge in [0, 0.05) is 11.6 Å². The van der Waals surface area contributed by atoms with Gasteiger partial charge in [-0.25, -0.2) is 0 Å². The van der Waals surface area contributed by atoms with Crippen molar-refractivity contribution < 1.29 is 25.2 Å². The molecule has 0 bridgehead atoms.